The second kappa shape index (κ2) is 10.1. The SMILES string of the molecule is COCCOC(COCC(CC(=O)O)C(C)(C)C)OC. The summed E-state index contributed by atoms with van der Waals surface area (Å²) < 4.78 is 21.0. The van der Waals surface area contributed by atoms with E-state index in [4.69, 9.17) is 24.1 Å². The van der Waals surface area contributed by atoms with Crippen LogP contribution < -0.4 is 0 Å². The topological polar surface area (TPSA) is 74.2 Å². The standard InChI is InChI=1S/C14H28O6/c1-14(2,3)11(8-12(15)16)9-19-10-13(18-5)20-7-6-17-4/h11,13H,6-10H2,1-5H3,(H,15,16). The van der Waals surface area contributed by atoms with Gasteiger partial charge in [0.15, 0.2) is 6.29 Å². The van der Waals surface area contributed by atoms with Crippen molar-refractivity contribution in [2.45, 2.75) is 33.5 Å². The van der Waals surface area contributed by atoms with Gasteiger partial charge in [-0.1, -0.05) is 20.8 Å². The van der Waals surface area contributed by atoms with Crippen LogP contribution in [0.5, 0.6) is 0 Å². The molecule has 0 aliphatic carbocycles. The number of rotatable bonds is 11. The fraction of sp³-hybridized carbons (Fsp3) is 0.929. The Balaban J connectivity index is 4.10. The highest BCUT2D eigenvalue weighted by atomic mass is 16.7. The highest BCUT2D eigenvalue weighted by Gasteiger charge is 2.27. The molecule has 2 atom stereocenters. The van der Waals surface area contributed by atoms with E-state index < -0.39 is 12.3 Å². The predicted octanol–water partition coefficient (Wildman–Crippen LogP) is 1.78. The largest absolute Gasteiger partial charge is 0.481 e. The monoisotopic (exact) mass is 292 g/mol. The molecule has 0 aromatic carbocycles. The minimum atomic E-state index is -0.812. The van der Waals surface area contributed by atoms with Gasteiger partial charge in [-0.3, -0.25) is 4.79 Å². The molecule has 0 spiro atoms. The molecular formula is C14H28O6. The summed E-state index contributed by atoms with van der Waals surface area (Å²) in [7, 11) is 3.14. The molecule has 1 N–H and O–H groups in total. The highest BCUT2D eigenvalue weighted by Crippen LogP contribution is 2.29. The Labute approximate surface area is 121 Å². The van der Waals surface area contributed by atoms with Crippen molar-refractivity contribution in [2.75, 3.05) is 40.6 Å². The maximum absolute atomic E-state index is 10.9. The first kappa shape index (κ1) is 19.3. The summed E-state index contributed by atoms with van der Waals surface area (Å²) in [5.74, 6) is -0.871. The number of hydrogen-bond acceptors (Lipinski definition) is 5. The van der Waals surface area contributed by atoms with Crippen LogP contribution >= 0.6 is 0 Å². The highest BCUT2D eigenvalue weighted by molar-refractivity contribution is 5.67. The maximum atomic E-state index is 10.9. The fourth-order valence-corrected chi connectivity index (χ4v) is 1.58. The van der Waals surface area contributed by atoms with Crippen LogP contribution in [0.4, 0.5) is 0 Å². The fourth-order valence-electron chi connectivity index (χ4n) is 1.58. The smallest absolute Gasteiger partial charge is 0.303 e. The maximum Gasteiger partial charge on any atom is 0.303 e. The van der Waals surface area contributed by atoms with Crippen LogP contribution in [0.3, 0.4) is 0 Å². The number of methoxy groups -OCH3 is 2. The summed E-state index contributed by atoms with van der Waals surface area (Å²) >= 11 is 0. The molecule has 0 fully saturated rings. The Morgan fingerprint density at radius 3 is 2.25 bits per heavy atom. The summed E-state index contributed by atoms with van der Waals surface area (Å²) in [6.07, 6.45) is -0.373. The van der Waals surface area contributed by atoms with Gasteiger partial charge in [-0.15, -0.1) is 0 Å². The minimum absolute atomic E-state index is 0.0588. The Morgan fingerprint density at radius 1 is 1.15 bits per heavy atom. The summed E-state index contributed by atoms with van der Waals surface area (Å²) in [6, 6.07) is 0. The van der Waals surface area contributed by atoms with Gasteiger partial charge in [-0.2, -0.15) is 0 Å². The second-order valence-corrected chi connectivity index (χ2v) is 5.73. The number of carboxylic acids is 1. The third-order valence-corrected chi connectivity index (χ3v) is 3.07. The van der Waals surface area contributed by atoms with Gasteiger partial charge < -0.3 is 24.1 Å². The van der Waals surface area contributed by atoms with Crippen LogP contribution in [0.2, 0.25) is 0 Å². The van der Waals surface area contributed by atoms with E-state index in [0.717, 1.165) is 0 Å². The first-order chi connectivity index (χ1) is 9.31. The van der Waals surface area contributed by atoms with Gasteiger partial charge in [-0.25, -0.2) is 0 Å². The molecule has 0 aliphatic heterocycles. The number of aliphatic carboxylic acids is 1. The van der Waals surface area contributed by atoms with Crippen molar-refractivity contribution in [3.63, 3.8) is 0 Å². The van der Waals surface area contributed by atoms with Gasteiger partial charge in [-0.05, 0) is 11.3 Å². The van der Waals surface area contributed by atoms with Crippen LogP contribution in [0, 0.1) is 11.3 Å². The molecule has 6 nitrogen and oxygen atoms in total. The Bertz CT molecular complexity index is 261. The second-order valence-electron chi connectivity index (χ2n) is 5.73. The lowest BCUT2D eigenvalue weighted by atomic mass is 9.79. The molecule has 0 aromatic heterocycles. The lowest BCUT2D eigenvalue weighted by molar-refractivity contribution is -0.167. The van der Waals surface area contributed by atoms with Gasteiger partial charge in [0.1, 0.15) is 0 Å². The molecule has 0 heterocycles. The molecule has 0 bridgehead atoms. The van der Waals surface area contributed by atoms with E-state index in [-0.39, 0.29) is 24.4 Å². The molecule has 0 rings (SSSR count). The summed E-state index contributed by atoms with van der Waals surface area (Å²) in [6.45, 7) is 7.57. The van der Waals surface area contributed by atoms with Crippen molar-refractivity contribution in [2.24, 2.45) is 11.3 Å². The van der Waals surface area contributed by atoms with Gasteiger partial charge in [0, 0.05) is 14.2 Å². The third kappa shape index (κ3) is 9.25. The normalized spacial score (nSPS) is 15.1. The summed E-state index contributed by atoms with van der Waals surface area (Å²) in [5.41, 5.74) is -0.127. The zero-order valence-corrected chi connectivity index (χ0v) is 13.2. The molecule has 0 aliphatic rings. The summed E-state index contributed by atoms with van der Waals surface area (Å²) in [4.78, 5) is 10.9. The lowest BCUT2D eigenvalue weighted by Crippen LogP contribution is -2.30. The van der Waals surface area contributed by atoms with Crippen LogP contribution in [0.1, 0.15) is 27.2 Å². The minimum Gasteiger partial charge on any atom is -0.481 e. The van der Waals surface area contributed by atoms with E-state index in [1.165, 1.54) is 0 Å². The van der Waals surface area contributed by atoms with Crippen LogP contribution in [-0.2, 0) is 23.7 Å². The molecule has 120 valence electrons. The molecule has 0 aromatic rings. The number of carbonyl (C=O) groups is 1. The molecule has 2 unspecified atom stereocenters. The van der Waals surface area contributed by atoms with E-state index in [2.05, 4.69) is 0 Å². The Hall–Kier alpha value is -0.690. The molecule has 6 heteroatoms. The number of hydrogen-bond donors (Lipinski definition) is 1. The van der Waals surface area contributed by atoms with Crippen molar-refractivity contribution >= 4 is 5.97 Å². The molecule has 0 saturated heterocycles. The molecule has 0 saturated carbocycles. The van der Waals surface area contributed by atoms with E-state index in [0.29, 0.717) is 19.8 Å². The van der Waals surface area contributed by atoms with E-state index in [1.54, 1.807) is 14.2 Å². The first-order valence-electron chi connectivity index (χ1n) is 6.74. The number of carboxylic acid groups (broad SMARTS) is 1. The zero-order chi connectivity index (χ0) is 15.6. The Morgan fingerprint density at radius 2 is 1.80 bits per heavy atom. The van der Waals surface area contributed by atoms with Gasteiger partial charge in [0.2, 0.25) is 0 Å². The van der Waals surface area contributed by atoms with E-state index in [1.807, 2.05) is 20.8 Å². The Kier molecular flexibility index (Phi) is 9.75. The van der Waals surface area contributed by atoms with Crippen LogP contribution in [-0.4, -0.2) is 58.0 Å². The van der Waals surface area contributed by atoms with Crippen LogP contribution in [0.15, 0.2) is 0 Å². The predicted molar refractivity (Wildman–Crippen MR) is 74.6 cm³/mol. The average molecular weight is 292 g/mol. The molecule has 20 heavy (non-hydrogen) atoms. The van der Waals surface area contributed by atoms with Crippen molar-refractivity contribution < 1.29 is 28.8 Å². The number of ether oxygens (including phenoxy) is 4. The van der Waals surface area contributed by atoms with Crippen molar-refractivity contribution in [3.05, 3.63) is 0 Å². The molecule has 0 radical (unpaired) electrons. The first-order valence-corrected chi connectivity index (χ1v) is 6.74. The van der Waals surface area contributed by atoms with Gasteiger partial charge in [0.05, 0.1) is 32.8 Å². The third-order valence-electron chi connectivity index (χ3n) is 3.07. The van der Waals surface area contributed by atoms with E-state index >= 15 is 0 Å². The molecular weight excluding hydrogens is 264 g/mol. The molecule has 0 amide bonds. The van der Waals surface area contributed by atoms with Crippen molar-refractivity contribution in [1.82, 2.24) is 0 Å². The zero-order valence-electron chi connectivity index (χ0n) is 13.2. The van der Waals surface area contributed by atoms with Gasteiger partial charge in [0.25, 0.3) is 0 Å². The average Bonchev–Trinajstić information content (AvgIpc) is 2.34. The van der Waals surface area contributed by atoms with Gasteiger partial charge >= 0.3 is 5.97 Å². The van der Waals surface area contributed by atoms with Crippen molar-refractivity contribution in [3.8, 4) is 0 Å². The quantitative estimate of drug-likeness (QED) is 0.462. The lowest BCUT2D eigenvalue weighted by Gasteiger charge is -2.29. The summed E-state index contributed by atoms with van der Waals surface area (Å²) in [5, 5.41) is 8.93. The van der Waals surface area contributed by atoms with E-state index in [9.17, 15) is 4.79 Å². The van der Waals surface area contributed by atoms with Crippen molar-refractivity contribution in [1.29, 1.82) is 0 Å². The van der Waals surface area contributed by atoms with Crippen LogP contribution in [0.25, 0.3) is 0 Å².